The first-order valence-corrected chi connectivity index (χ1v) is 18.8. The van der Waals surface area contributed by atoms with Crippen molar-refractivity contribution in [2.45, 2.75) is 121 Å². The van der Waals surface area contributed by atoms with E-state index in [4.69, 9.17) is 18.9 Å². The van der Waals surface area contributed by atoms with E-state index >= 15 is 0 Å². The van der Waals surface area contributed by atoms with Gasteiger partial charge in [-0.25, -0.2) is 9.59 Å². The molecular weight excluding hydrogens is 630 g/mol. The Hall–Kier alpha value is -3.91. The van der Waals surface area contributed by atoms with E-state index in [9.17, 15) is 14.4 Å². The maximum Gasteiger partial charge on any atom is 0.407 e. The summed E-state index contributed by atoms with van der Waals surface area (Å²) in [4.78, 5) is 37.0. The smallest absolute Gasteiger partial charge is 0.407 e. The van der Waals surface area contributed by atoms with E-state index in [0.717, 1.165) is 69.8 Å². The summed E-state index contributed by atoms with van der Waals surface area (Å²) in [5.41, 5.74) is 6.26. The van der Waals surface area contributed by atoms with Crippen LogP contribution in [0.4, 0.5) is 4.79 Å². The fourth-order valence-electron chi connectivity index (χ4n) is 7.97. The molecule has 268 valence electrons. The van der Waals surface area contributed by atoms with E-state index < -0.39 is 0 Å². The number of benzene rings is 2. The highest BCUT2D eigenvalue weighted by Crippen LogP contribution is 2.50. The number of allylic oxidation sites excluding steroid dienone is 1. The van der Waals surface area contributed by atoms with E-state index in [1.54, 1.807) is 0 Å². The van der Waals surface area contributed by atoms with Crippen LogP contribution in [-0.2, 0) is 28.5 Å². The summed E-state index contributed by atoms with van der Waals surface area (Å²) in [6.45, 7) is 7.34. The molecule has 2 aliphatic carbocycles. The SMILES string of the molecule is C=C1C(=O)O[C@H]2[C@H]1CC/C(COC(=O)CCCCCCCCCCCNC(=O)OCC1c3ccccc3-c3ccccc31)=C/CC[C@@]1(C)O[C@@H]21. The Bertz CT molecular complexity index is 1520. The first kappa shape index (κ1) is 35.9. The molecular formula is C42H53NO7. The zero-order valence-electron chi connectivity index (χ0n) is 29.6. The molecule has 1 amide bonds. The lowest BCUT2D eigenvalue weighted by Gasteiger charge is -2.20. The van der Waals surface area contributed by atoms with Crippen molar-refractivity contribution < 1.29 is 33.3 Å². The number of esters is 2. The van der Waals surface area contributed by atoms with Crippen molar-refractivity contribution in [2.24, 2.45) is 5.92 Å². The molecule has 0 spiro atoms. The number of fused-ring (bicyclic) bond motifs is 6. The normalized spacial score (nSPS) is 24.9. The van der Waals surface area contributed by atoms with Crippen LogP contribution >= 0.6 is 0 Å². The molecule has 2 fully saturated rings. The summed E-state index contributed by atoms with van der Waals surface area (Å²) >= 11 is 0. The average Bonchev–Trinajstić information content (AvgIpc) is 3.57. The largest absolute Gasteiger partial charge is 0.461 e. The standard InChI is InChI=1S/C42H53NO7/c1-29-31-24-23-30(17-16-25-42(2)39(50-42)38(31)49-40(29)45)27-47-37(44)22-10-8-6-4-3-5-7-9-15-26-43-41(46)48-28-36-34-20-13-11-18-32(34)33-19-12-14-21-35(33)36/h11-14,17-21,31,36,38-39H,1,3-10,15-16,22-28H2,2H3,(H,43,46)/b30-17-/t31-,38-,39-,42+/m0/s1. The molecule has 2 saturated heterocycles. The lowest BCUT2D eigenvalue weighted by Crippen LogP contribution is -2.29. The van der Waals surface area contributed by atoms with E-state index in [1.165, 1.54) is 41.5 Å². The van der Waals surface area contributed by atoms with E-state index in [2.05, 4.69) is 61.3 Å². The van der Waals surface area contributed by atoms with Crippen LogP contribution in [0.25, 0.3) is 11.1 Å². The first-order chi connectivity index (χ1) is 24.3. The fraction of sp³-hybridized carbons (Fsp3) is 0.548. The Labute approximate surface area is 297 Å². The molecule has 50 heavy (non-hydrogen) atoms. The molecule has 8 nitrogen and oxygen atoms in total. The van der Waals surface area contributed by atoms with Gasteiger partial charge in [0.2, 0.25) is 0 Å². The van der Waals surface area contributed by atoms with Crippen LogP contribution in [0.2, 0.25) is 0 Å². The van der Waals surface area contributed by atoms with Gasteiger partial charge in [0.25, 0.3) is 0 Å². The second kappa shape index (κ2) is 16.9. The molecule has 4 aliphatic rings. The van der Waals surface area contributed by atoms with Gasteiger partial charge in [0.15, 0.2) is 0 Å². The average molecular weight is 684 g/mol. The molecule has 1 N–H and O–H groups in total. The van der Waals surface area contributed by atoms with Gasteiger partial charge in [0.1, 0.15) is 25.4 Å². The molecule has 0 radical (unpaired) electrons. The van der Waals surface area contributed by atoms with E-state index in [-0.39, 0.29) is 47.7 Å². The number of alkyl carbamates (subject to hydrolysis) is 1. The van der Waals surface area contributed by atoms with Gasteiger partial charge >= 0.3 is 18.0 Å². The molecule has 2 aliphatic heterocycles. The third-order valence-electron chi connectivity index (χ3n) is 11.0. The summed E-state index contributed by atoms with van der Waals surface area (Å²) in [6, 6.07) is 16.7. The van der Waals surface area contributed by atoms with Crippen LogP contribution in [0.15, 0.2) is 72.3 Å². The highest BCUT2D eigenvalue weighted by atomic mass is 16.6. The zero-order chi connectivity index (χ0) is 34.9. The summed E-state index contributed by atoms with van der Waals surface area (Å²) in [7, 11) is 0. The number of ether oxygens (including phenoxy) is 4. The number of amides is 1. The van der Waals surface area contributed by atoms with Gasteiger partial charge in [0.05, 0.1) is 5.60 Å². The van der Waals surface area contributed by atoms with Crippen molar-refractivity contribution >= 4 is 18.0 Å². The van der Waals surface area contributed by atoms with Gasteiger partial charge in [-0.05, 0) is 73.3 Å². The number of carbonyl (C=O) groups excluding carboxylic acids is 3. The molecule has 0 aromatic heterocycles. The second-order valence-electron chi connectivity index (χ2n) is 14.6. The van der Waals surface area contributed by atoms with Gasteiger partial charge in [-0.1, -0.05) is 106 Å². The molecule has 2 aromatic rings. The van der Waals surface area contributed by atoms with Crippen LogP contribution in [0, 0.1) is 5.92 Å². The number of unbranched alkanes of at least 4 members (excludes halogenated alkanes) is 8. The summed E-state index contributed by atoms with van der Waals surface area (Å²) in [6.07, 6.45) is 14.9. The summed E-state index contributed by atoms with van der Waals surface area (Å²) in [5.74, 6) is -0.430. The van der Waals surface area contributed by atoms with Gasteiger partial charge in [-0.15, -0.1) is 0 Å². The number of carbonyl (C=O) groups is 3. The monoisotopic (exact) mass is 683 g/mol. The number of epoxide rings is 1. The van der Waals surface area contributed by atoms with Crippen LogP contribution in [0.3, 0.4) is 0 Å². The quantitative estimate of drug-likeness (QED) is 0.0471. The second-order valence-corrected chi connectivity index (χ2v) is 14.6. The third kappa shape index (κ3) is 8.87. The van der Waals surface area contributed by atoms with E-state index in [1.807, 2.05) is 12.1 Å². The fourth-order valence-corrected chi connectivity index (χ4v) is 7.97. The van der Waals surface area contributed by atoms with Crippen LogP contribution in [-0.4, -0.2) is 55.6 Å². The Balaban J connectivity index is 0.758. The number of hydrogen-bond donors (Lipinski definition) is 1. The molecule has 2 heterocycles. The Kier molecular flexibility index (Phi) is 12.1. The van der Waals surface area contributed by atoms with Crippen LogP contribution in [0.1, 0.15) is 114 Å². The number of nitrogens with one attached hydrogen (secondary N) is 1. The molecule has 0 saturated carbocycles. The maximum atomic E-state index is 12.5. The summed E-state index contributed by atoms with van der Waals surface area (Å²) < 4.78 is 22.9. The first-order valence-electron chi connectivity index (χ1n) is 18.8. The minimum Gasteiger partial charge on any atom is -0.461 e. The Morgan fingerprint density at radius 1 is 0.900 bits per heavy atom. The predicted octanol–water partition coefficient (Wildman–Crippen LogP) is 8.73. The molecule has 6 rings (SSSR count). The Morgan fingerprint density at radius 3 is 2.24 bits per heavy atom. The van der Waals surface area contributed by atoms with Gasteiger partial charge in [-0.3, -0.25) is 4.79 Å². The molecule has 4 atom stereocenters. The molecule has 0 bridgehead atoms. The number of hydrogen-bond acceptors (Lipinski definition) is 7. The third-order valence-corrected chi connectivity index (χ3v) is 11.0. The lowest BCUT2D eigenvalue weighted by atomic mass is 9.84. The van der Waals surface area contributed by atoms with Crippen molar-refractivity contribution in [3.63, 3.8) is 0 Å². The Morgan fingerprint density at radius 2 is 1.54 bits per heavy atom. The lowest BCUT2D eigenvalue weighted by molar-refractivity contribution is -0.143. The topological polar surface area (TPSA) is 103 Å². The predicted molar refractivity (Wildman–Crippen MR) is 193 cm³/mol. The summed E-state index contributed by atoms with van der Waals surface area (Å²) in [5, 5.41) is 2.92. The number of rotatable bonds is 16. The maximum absolute atomic E-state index is 12.5. The van der Waals surface area contributed by atoms with Crippen molar-refractivity contribution in [1.29, 1.82) is 0 Å². The van der Waals surface area contributed by atoms with Crippen LogP contribution in [0.5, 0.6) is 0 Å². The highest BCUT2D eigenvalue weighted by molar-refractivity contribution is 5.91. The highest BCUT2D eigenvalue weighted by Gasteiger charge is 2.61. The molecule has 2 aromatic carbocycles. The van der Waals surface area contributed by atoms with Gasteiger partial charge < -0.3 is 24.3 Å². The van der Waals surface area contributed by atoms with Crippen molar-refractivity contribution in [3.05, 3.63) is 83.5 Å². The van der Waals surface area contributed by atoms with Gasteiger partial charge in [-0.2, -0.15) is 0 Å². The van der Waals surface area contributed by atoms with Crippen molar-refractivity contribution in [3.8, 4) is 11.1 Å². The van der Waals surface area contributed by atoms with Crippen LogP contribution < -0.4 is 5.32 Å². The minimum atomic E-state index is -0.345. The minimum absolute atomic E-state index is 0.0507. The van der Waals surface area contributed by atoms with Crippen molar-refractivity contribution in [2.75, 3.05) is 19.8 Å². The van der Waals surface area contributed by atoms with Crippen molar-refractivity contribution in [1.82, 2.24) is 5.32 Å². The molecule has 8 heteroatoms. The van der Waals surface area contributed by atoms with Gasteiger partial charge in [0, 0.05) is 30.4 Å². The molecule has 0 unspecified atom stereocenters. The van der Waals surface area contributed by atoms with E-state index in [0.29, 0.717) is 31.8 Å². The zero-order valence-corrected chi connectivity index (χ0v) is 29.6.